The van der Waals surface area contributed by atoms with E-state index in [9.17, 15) is 32.7 Å². The normalized spacial score (nSPS) is 18.0. The molecular weight excluding hydrogens is 676 g/mol. The molecule has 5 atom stereocenters. The van der Waals surface area contributed by atoms with Gasteiger partial charge in [0.25, 0.3) is 11.8 Å². The highest BCUT2D eigenvalue weighted by Crippen LogP contribution is 2.26. The van der Waals surface area contributed by atoms with E-state index in [1.165, 1.54) is 4.90 Å². The van der Waals surface area contributed by atoms with E-state index in [2.05, 4.69) is 16.0 Å². The quantitative estimate of drug-likeness (QED) is 0.182. The molecule has 1 aliphatic heterocycles. The van der Waals surface area contributed by atoms with Crippen LogP contribution in [0, 0.1) is 0 Å². The summed E-state index contributed by atoms with van der Waals surface area (Å²) in [5.74, 6) is -3.22. The minimum atomic E-state index is -3.81. The minimum Gasteiger partial charge on any atom is -0.483 e. The SMILES string of the molecule is CCOC1CC(C(=O)NC(C)(C)C)N(C(=O)[C@@H](O)[C@H](Cc2ccccc2)NC(=O)[C@H](CS(C)(=O)=O)NC(=O)COc2cccc3ccccc23)C1. The van der Waals surface area contributed by atoms with Gasteiger partial charge in [-0.3, -0.25) is 19.2 Å². The average molecular weight is 725 g/mol. The second-order valence-electron chi connectivity index (χ2n) is 13.8. The Morgan fingerprint density at radius 2 is 1.63 bits per heavy atom. The summed E-state index contributed by atoms with van der Waals surface area (Å²) in [6.07, 6.45) is -1.17. The van der Waals surface area contributed by atoms with E-state index < -0.39 is 81.7 Å². The number of aliphatic hydroxyl groups excluding tert-OH is 1. The second kappa shape index (κ2) is 17.1. The molecule has 4 N–H and O–H groups in total. The largest absolute Gasteiger partial charge is 0.483 e. The van der Waals surface area contributed by atoms with Crippen molar-refractivity contribution < 1.29 is 42.2 Å². The molecule has 3 aromatic carbocycles. The molecule has 0 radical (unpaired) electrons. The Morgan fingerprint density at radius 1 is 0.961 bits per heavy atom. The predicted octanol–water partition coefficient (Wildman–Crippen LogP) is 1.76. The van der Waals surface area contributed by atoms with Gasteiger partial charge in [0, 0.05) is 36.8 Å². The molecule has 2 unspecified atom stereocenters. The summed E-state index contributed by atoms with van der Waals surface area (Å²) in [7, 11) is -3.81. The van der Waals surface area contributed by atoms with Gasteiger partial charge in [0.2, 0.25) is 11.8 Å². The summed E-state index contributed by atoms with van der Waals surface area (Å²) in [4.78, 5) is 55.4. The van der Waals surface area contributed by atoms with Crippen molar-refractivity contribution >= 4 is 44.2 Å². The van der Waals surface area contributed by atoms with E-state index in [1.807, 2.05) is 51.1 Å². The van der Waals surface area contributed by atoms with Crippen LogP contribution in [0.25, 0.3) is 10.8 Å². The standard InChI is InChI=1S/C37H48N4O9S/c1-6-49-26-20-30(35(45)40-37(2,3)4)41(21-26)36(46)33(43)28(19-24-13-8-7-9-14-24)39-34(44)29(23-51(5,47)48)38-32(42)22-50-31-18-12-16-25-15-10-11-17-27(25)31/h7-18,26,28-30,33,43H,6,19-23H2,1-5H3,(H,38,42)(H,39,44)(H,40,45)/t26?,28-,29-,30?,33-/m0/s1. The van der Waals surface area contributed by atoms with Gasteiger partial charge in [-0.25, -0.2) is 8.42 Å². The number of aliphatic hydroxyl groups is 1. The van der Waals surface area contributed by atoms with Gasteiger partial charge in [-0.05, 0) is 51.1 Å². The molecule has 14 heteroatoms. The van der Waals surface area contributed by atoms with E-state index in [-0.39, 0.29) is 19.4 Å². The molecule has 4 amide bonds. The van der Waals surface area contributed by atoms with Crippen LogP contribution in [0.2, 0.25) is 0 Å². The summed E-state index contributed by atoms with van der Waals surface area (Å²) in [6, 6.07) is 17.8. The highest BCUT2D eigenvalue weighted by atomic mass is 32.2. The van der Waals surface area contributed by atoms with Crippen LogP contribution >= 0.6 is 0 Å². The van der Waals surface area contributed by atoms with Crippen molar-refractivity contribution in [1.29, 1.82) is 0 Å². The first-order valence-electron chi connectivity index (χ1n) is 16.9. The van der Waals surface area contributed by atoms with E-state index in [4.69, 9.17) is 9.47 Å². The number of sulfone groups is 1. The lowest BCUT2D eigenvalue weighted by molar-refractivity contribution is -0.147. The number of nitrogens with zero attached hydrogens (tertiary/aromatic N) is 1. The number of nitrogens with one attached hydrogen (secondary N) is 3. The van der Waals surface area contributed by atoms with Crippen molar-refractivity contribution in [3.8, 4) is 5.75 Å². The van der Waals surface area contributed by atoms with Gasteiger partial charge in [-0.15, -0.1) is 0 Å². The van der Waals surface area contributed by atoms with Crippen LogP contribution in [-0.4, -0.2) is 110 Å². The third-order valence-electron chi connectivity index (χ3n) is 8.24. The van der Waals surface area contributed by atoms with Crippen molar-refractivity contribution in [1.82, 2.24) is 20.9 Å². The van der Waals surface area contributed by atoms with Crippen molar-refractivity contribution in [2.45, 2.75) is 76.4 Å². The summed E-state index contributed by atoms with van der Waals surface area (Å²) in [6.45, 7) is 7.13. The molecule has 1 fully saturated rings. The number of carbonyl (C=O) groups is 4. The van der Waals surface area contributed by atoms with Gasteiger partial charge < -0.3 is 35.4 Å². The smallest absolute Gasteiger partial charge is 0.258 e. The van der Waals surface area contributed by atoms with Gasteiger partial charge in [0.05, 0.1) is 17.9 Å². The lowest BCUT2D eigenvalue weighted by atomic mass is 9.99. The molecule has 3 aromatic rings. The molecular formula is C37H48N4O9S. The maximum absolute atomic E-state index is 14.0. The fourth-order valence-electron chi connectivity index (χ4n) is 6.02. The van der Waals surface area contributed by atoms with Crippen molar-refractivity contribution in [3.05, 3.63) is 78.4 Å². The van der Waals surface area contributed by atoms with Crippen molar-refractivity contribution in [3.63, 3.8) is 0 Å². The monoisotopic (exact) mass is 724 g/mol. The Hall–Kier alpha value is -4.53. The molecule has 4 rings (SSSR count). The molecule has 1 saturated heterocycles. The molecule has 0 saturated carbocycles. The number of ether oxygens (including phenoxy) is 2. The molecule has 0 spiro atoms. The van der Waals surface area contributed by atoms with Gasteiger partial charge >= 0.3 is 0 Å². The second-order valence-corrected chi connectivity index (χ2v) is 16.0. The van der Waals surface area contributed by atoms with E-state index in [0.717, 1.165) is 17.0 Å². The van der Waals surface area contributed by atoms with Crippen molar-refractivity contribution in [2.75, 3.05) is 31.8 Å². The summed E-state index contributed by atoms with van der Waals surface area (Å²) in [5.41, 5.74) is 0.0779. The Bertz CT molecular complexity index is 1790. The zero-order valence-corrected chi connectivity index (χ0v) is 30.4. The average Bonchev–Trinajstić information content (AvgIpc) is 3.49. The number of benzene rings is 3. The Kier molecular flexibility index (Phi) is 13.2. The first kappa shape index (κ1) is 39.3. The third kappa shape index (κ3) is 11.5. The molecule has 0 bridgehead atoms. The molecule has 51 heavy (non-hydrogen) atoms. The van der Waals surface area contributed by atoms with Crippen molar-refractivity contribution in [2.24, 2.45) is 0 Å². The van der Waals surface area contributed by atoms with Crippen LogP contribution in [0.4, 0.5) is 0 Å². The maximum atomic E-state index is 14.0. The first-order chi connectivity index (χ1) is 24.0. The zero-order chi connectivity index (χ0) is 37.3. The van der Waals surface area contributed by atoms with Crippen LogP contribution in [0.15, 0.2) is 72.8 Å². The lowest BCUT2D eigenvalue weighted by Crippen LogP contribution is -2.60. The maximum Gasteiger partial charge on any atom is 0.258 e. The summed E-state index contributed by atoms with van der Waals surface area (Å²) in [5, 5.41) is 21.2. The number of carbonyl (C=O) groups excluding carboxylic acids is 4. The van der Waals surface area contributed by atoms with Gasteiger partial charge in [0.15, 0.2) is 12.7 Å². The molecule has 1 heterocycles. The Labute approximate surface area is 299 Å². The van der Waals surface area contributed by atoms with Crippen LogP contribution in [-0.2, 0) is 40.2 Å². The number of hydrogen-bond donors (Lipinski definition) is 4. The van der Waals surface area contributed by atoms with Gasteiger partial charge in [-0.2, -0.15) is 0 Å². The van der Waals surface area contributed by atoms with Gasteiger partial charge in [-0.1, -0.05) is 66.7 Å². The first-order valence-corrected chi connectivity index (χ1v) is 18.9. The lowest BCUT2D eigenvalue weighted by Gasteiger charge is -2.32. The number of fused-ring (bicyclic) bond motifs is 1. The van der Waals surface area contributed by atoms with Crippen LogP contribution in [0.3, 0.4) is 0 Å². The molecule has 0 aliphatic carbocycles. The topological polar surface area (TPSA) is 180 Å². The summed E-state index contributed by atoms with van der Waals surface area (Å²) >= 11 is 0. The molecule has 13 nitrogen and oxygen atoms in total. The number of rotatable bonds is 15. The third-order valence-corrected chi connectivity index (χ3v) is 9.18. The van der Waals surface area contributed by atoms with Gasteiger partial charge in [0.1, 0.15) is 27.7 Å². The van der Waals surface area contributed by atoms with E-state index >= 15 is 0 Å². The van der Waals surface area contributed by atoms with E-state index in [0.29, 0.717) is 17.9 Å². The summed E-state index contributed by atoms with van der Waals surface area (Å²) < 4.78 is 36.3. The predicted molar refractivity (Wildman–Crippen MR) is 193 cm³/mol. The minimum absolute atomic E-state index is 0.0230. The van der Waals surface area contributed by atoms with E-state index in [1.54, 1.807) is 49.4 Å². The molecule has 276 valence electrons. The Morgan fingerprint density at radius 3 is 2.29 bits per heavy atom. The number of likely N-dealkylation sites (tertiary alicyclic amines) is 1. The zero-order valence-electron chi connectivity index (χ0n) is 29.6. The number of hydrogen-bond acceptors (Lipinski definition) is 9. The van der Waals surface area contributed by atoms with Crippen LogP contribution < -0.4 is 20.7 Å². The van der Waals surface area contributed by atoms with Crippen LogP contribution in [0.1, 0.15) is 39.7 Å². The molecule has 1 aliphatic rings. The fourth-order valence-corrected chi connectivity index (χ4v) is 6.86. The fraction of sp³-hybridized carbons (Fsp3) is 0.459. The highest BCUT2D eigenvalue weighted by Gasteiger charge is 2.44. The highest BCUT2D eigenvalue weighted by molar-refractivity contribution is 7.90. The molecule has 0 aromatic heterocycles. The van der Waals surface area contributed by atoms with Crippen LogP contribution in [0.5, 0.6) is 5.75 Å². The Balaban J connectivity index is 1.55. The number of amides is 4.